The van der Waals surface area contributed by atoms with Gasteiger partial charge in [0.25, 0.3) is 0 Å². The first-order valence-corrected chi connectivity index (χ1v) is 4.92. The molecule has 1 heterocycles. The summed E-state index contributed by atoms with van der Waals surface area (Å²) in [6.07, 6.45) is 0. The van der Waals surface area contributed by atoms with E-state index in [1.165, 1.54) is 13.2 Å². The maximum absolute atomic E-state index is 11.3. The molecule has 0 unspecified atom stereocenters. The smallest absolute Gasteiger partial charge is 0.464 e. The number of aromatic nitrogens is 1. The summed E-state index contributed by atoms with van der Waals surface area (Å²) in [4.78, 5) is 15.4. The molecule has 0 bridgehead atoms. The third-order valence-electron chi connectivity index (χ3n) is 2.15. The lowest BCUT2D eigenvalue weighted by Gasteiger charge is -2.09. The quantitative estimate of drug-likeness (QED) is 0.541. The first kappa shape index (κ1) is 12.7. The largest absolute Gasteiger partial charge is 0.488 e. The Labute approximate surface area is 94.2 Å². The summed E-state index contributed by atoms with van der Waals surface area (Å²) in [5.74, 6) is -0.508. The summed E-state index contributed by atoms with van der Waals surface area (Å²) in [5.41, 5.74) is 0.932. The Morgan fingerprint density at radius 3 is 2.50 bits per heavy atom. The van der Waals surface area contributed by atoms with Crippen LogP contribution in [0.5, 0.6) is 0 Å². The van der Waals surface area contributed by atoms with Crippen molar-refractivity contribution in [2.24, 2.45) is 0 Å². The van der Waals surface area contributed by atoms with Gasteiger partial charge < -0.3 is 14.8 Å². The third-order valence-corrected chi connectivity index (χ3v) is 2.15. The highest BCUT2D eigenvalue weighted by Crippen LogP contribution is 2.11. The molecule has 0 spiro atoms. The average molecular weight is 223 g/mol. The second-order valence-corrected chi connectivity index (χ2v) is 3.73. The second kappa shape index (κ2) is 5.09. The summed E-state index contributed by atoms with van der Waals surface area (Å²) in [6.45, 7) is 3.80. The fraction of sp³-hybridized carbons (Fsp3) is 0.400. The van der Waals surface area contributed by atoms with Crippen LogP contribution in [-0.4, -0.2) is 35.2 Å². The maximum Gasteiger partial charge on any atom is 0.488 e. The van der Waals surface area contributed by atoms with Crippen molar-refractivity contribution >= 4 is 18.6 Å². The SMILES string of the molecule is COC(=O)c1cc(B(O)O)cc(C(C)C)n1. The number of pyridine rings is 1. The van der Waals surface area contributed by atoms with Crippen LogP contribution in [0, 0.1) is 0 Å². The molecule has 5 nitrogen and oxygen atoms in total. The van der Waals surface area contributed by atoms with Crippen molar-refractivity contribution in [3.8, 4) is 0 Å². The molecule has 0 aliphatic carbocycles. The molecule has 0 radical (unpaired) electrons. The minimum Gasteiger partial charge on any atom is -0.464 e. The highest BCUT2D eigenvalue weighted by atomic mass is 16.5. The molecule has 6 heteroatoms. The lowest BCUT2D eigenvalue weighted by molar-refractivity contribution is 0.0594. The molecule has 0 saturated heterocycles. The maximum atomic E-state index is 11.3. The van der Waals surface area contributed by atoms with Crippen molar-refractivity contribution in [3.05, 3.63) is 23.5 Å². The molecule has 16 heavy (non-hydrogen) atoms. The molecule has 0 amide bonds. The summed E-state index contributed by atoms with van der Waals surface area (Å²) in [6, 6.07) is 2.87. The Kier molecular flexibility index (Phi) is 4.03. The van der Waals surface area contributed by atoms with E-state index in [0.717, 1.165) is 0 Å². The van der Waals surface area contributed by atoms with Gasteiger partial charge in [-0.1, -0.05) is 13.8 Å². The van der Waals surface area contributed by atoms with Gasteiger partial charge in [-0.3, -0.25) is 0 Å². The van der Waals surface area contributed by atoms with Crippen molar-refractivity contribution < 1.29 is 19.6 Å². The second-order valence-electron chi connectivity index (χ2n) is 3.73. The molecule has 0 saturated carbocycles. The topological polar surface area (TPSA) is 79.7 Å². The summed E-state index contributed by atoms with van der Waals surface area (Å²) in [5, 5.41) is 18.2. The van der Waals surface area contributed by atoms with Crippen molar-refractivity contribution in [1.29, 1.82) is 0 Å². The van der Waals surface area contributed by atoms with Crippen LogP contribution in [0.2, 0.25) is 0 Å². The number of carbonyl (C=O) groups is 1. The van der Waals surface area contributed by atoms with E-state index in [0.29, 0.717) is 5.69 Å². The summed E-state index contributed by atoms with van der Waals surface area (Å²) >= 11 is 0. The van der Waals surface area contributed by atoms with Gasteiger partial charge in [-0.15, -0.1) is 0 Å². The van der Waals surface area contributed by atoms with Crippen molar-refractivity contribution in [3.63, 3.8) is 0 Å². The zero-order valence-corrected chi connectivity index (χ0v) is 9.47. The number of nitrogens with zero attached hydrogens (tertiary/aromatic N) is 1. The predicted octanol–water partition coefficient (Wildman–Crippen LogP) is -0.329. The van der Waals surface area contributed by atoms with Crippen LogP contribution in [0.15, 0.2) is 12.1 Å². The molecule has 0 aliphatic heterocycles. The van der Waals surface area contributed by atoms with E-state index >= 15 is 0 Å². The Morgan fingerprint density at radius 1 is 1.44 bits per heavy atom. The fourth-order valence-corrected chi connectivity index (χ4v) is 1.23. The highest BCUT2D eigenvalue weighted by Gasteiger charge is 2.18. The van der Waals surface area contributed by atoms with E-state index in [4.69, 9.17) is 10.0 Å². The zero-order chi connectivity index (χ0) is 12.3. The molecule has 1 aromatic rings. The Hall–Kier alpha value is -1.40. The van der Waals surface area contributed by atoms with Crippen molar-refractivity contribution in [2.45, 2.75) is 19.8 Å². The number of rotatable bonds is 3. The van der Waals surface area contributed by atoms with Gasteiger partial charge in [0.15, 0.2) is 0 Å². The monoisotopic (exact) mass is 223 g/mol. The van der Waals surface area contributed by atoms with E-state index < -0.39 is 13.1 Å². The van der Waals surface area contributed by atoms with Gasteiger partial charge in [-0.2, -0.15) is 0 Å². The molecule has 0 aliphatic rings. The molecule has 1 aromatic heterocycles. The predicted molar refractivity (Wildman–Crippen MR) is 59.5 cm³/mol. The normalized spacial score (nSPS) is 10.4. The molecule has 1 rings (SSSR count). The first-order chi connectivity index (χ1) is 7.45. The van der Waals surface area contributed by atoms with E-state index in [9.17, 15) is 4.79 Å². The van der Waals surface area contributed by atoms with Crippen LogP contribution < -0.4 is 5.46 Å². The molecule has 0 atom stereocenters. The Bertz CT molecular complexity index is 366. The van der Waals surface area contributed by atoms with Crippen LogP contribution in [0.4, 0.5) is 0 Å². The number of hydrogen-bond donors (Lipinski definition) is 2. The molecule has 86 valence electrons. The molecular formula is C10H14BNO4. The number of hydrogen-bond acceptors (Lipinski definition) is 5. The number of carbonyl (C=O) groups excluding carboxylic acids is 1. The van der Waals surface area contributed by atoms with Crippen LogP contribution in [0.3, 0.4) is 0 Å². The van der Waals surface area contributed by atoms with Crippen LogP contribution in [-0.2, 0) is 4.74 Å². The highest BCUT2D eigenvalue weighted by molar-refractivity contribution is 6.58. The average Bonchev–Trinajstić information content (AvgIpc) is 2.27. The number of methoxy groups -OCH3 is 1. The lowest BCUT2D eigenvalue weighted by Crippen LogP contribution is -2.32. The van der Waals surface area contributed by atoms with Crippen LogP contribution >= 0.6 is 0 Å². The fourth-order valence-electron chi connectivity index (χ4n) is 1.23. The first-order valence-electron chi connectivity index (χ1n) is 4.92. The molecule has 0 aromatic carbocycles. The molecule has 0 fully saturated rings. The van der Waals surface area contributed by atoms with Gasteiger partial charge in [0.2, 0.25) is 0 Å². The Morgan fingerprint density at radius 2 is 2.06 bits per heavy atom. The standard InChI is InChI=1S/C10H14BNO4/c1-6(2)8-4-7(11(14)15)5-9(12-8)10(13)16-3/h4-6,14-15H,1-3H3. The van der Waals surface area contributed by atoms with E-state index in [2.05, 4.69) is 9.72 Å². The summed E-state index contributed by atoms with van der Waals surface area (Å²) < 4.78 is 4.54. The number of ether oxygens (including phenoxy) is 1. The lowest BCUT2D eigenvalue weighted by atomic mass is 9.79. The van der Waals surface area contributed by atoms with Crippen molar-refractivity contribution in [1.82, 2.24) is 4.98 Å². The zero-order valence-electron chi connectivity index (χ0n) is 9.47. The van der Waals surface area contributed by atoms with Gasteiger partial charge in [-0.25, -0.2) is 9.78 Å². The van der Waals surface area contributed by atoms with Gasteiger partial charge in [0, 0.05) is 5.69 Å². The van der Waals surface area contributed by atoms with Crippen LogP contribution in [0.25, 0.3) is 0 Å². The van der Waals surface area contributed by atoms with E-state index in [1.807, 2.05) is 13.8 Å². The third kappa shape index (κ3) is 2.80. The van der Waals surface area contributed by atoms with E-state index in [1.54, 1.807) is 6.07 Å². The van der Waals surface area contributed by atoms with Crippen LogP contribution in [0.1, 0.15) is 35.9 Å². The minimum atomic E-state index is -1.62. The van der Waals surface area contributed by atoms with Gasteiger partial charge >= 0.3 is 13.1 Å². The van der Waals surface area contributed by atoms with Gasteiger partial charge in [0.1, 0.15) is 5.69 Å². The van der Waals surface area contributed by atoms with Crippen molar-refractivity contribution in [2.75, 3.05) is 7.11 Å². The number of esters is 1. The molecule has 2 N–H and O–H groups in total. The minimum absolute atomic E-state index is 0.0804. The summed E-state index contributed by atoms with van der Waals surface area (Å²) in [7, 11) is -0.370. The molecular weight excluding hydrogens is 209 g/mol. The van der Waals surface area contributed by atoms with E-state index in [-0.39, 0.29) is 17.1 Å². The Balaban J connectivity index is 3.24. The van der Waals surface area contributed by atoms with Gasteiger partial charge in [0.05, 0.1) is 7.11 Å². The van der Waals surface area contributed by atoms with Gasteiger partial charge in [-0.05, 0) is 23.5 Å².